The van der Waals surface area contributed by atoms with Crippen molar-refractivity contribution in [2.24, 2.45) is 5.73 Å². The van der Waals surface area contributed by atoms with Crippen LogP contribution in [0.15, 0.2) is 24.5 Å². The van der Waals surface area contributed by atoms with Crippen molar-refractivity contribution in [2.45, 2.75) is 25.8 Å². The van der Waals surface area contributed by atoms with Crippen molar-refractivity contribution in [1.82, 2.24) is 15.0 Å². The molecule has 18 heavy (non-hydrogen) atoms. The number of nitrogens with two attached hydrogens (primary N) is 1. The Kier molecular flexibility index (Phi) is 3.10. The van der Waals surface area contributed by atoms with E-state index in [1.54, 1.807) is 18.5 Å². The molecule has 6 heteroatoms. The Morgan fingerprint density at radius 2 is 2.06 bits per heavy atom. The lowest BCUT2D eigenvalue weighted by atomic mass is 10.0. The molecular weight excluding hydrogens is 230 g/mol. The number of rotatable bonds is 4. The van der Waals surface area contributed by atoms with E-state index in [2.05, 4.69) is 20.3 Å². The maximum absolute atomic E-state index is 11.0. The summed E-state index contributed by atoms with van der Waals surface area (Å²) in [4.78, 5) is 23.6. The number of carbonyl (C=O) groups excluding carboxylic acids is 1. The summed E-state index contributed by atoms with van der Waals surface area (Å²) in [5.74, 6) is 0.294. The highest BCUT2D eigenvalue weighted by molar-refractivity contribution is 5.76. The smallest absolute Gasteiger partial charge is 0.219 e. The van der Waals surface area contributed by atoms with Gasteiger partial charge in [0.2, 0.25) is 5.91 Å². The summed E-state index contributed by atoms with van der Waals surface area (Å²) in [5, 5.41) is 3.16. The Balaban J connectivity index is 2.24. The zero-order chi connectivity index (χ0) is 13.2. The predicted molar refractivity (Wildman–Crippen MR) is 68.8 cm³/mol. The summed E-state index contributed by atoms with van der Waals surface area (Å²) in [5.41, 5.74) is 6.05. The van der Waals surface area contributed by atoms with E-state index in [-0.39, 0.29) is 12.3 Å². The zero-order valence-electron chi connectivity index (χ0n) is 10.3. The summed E-state index contributed by atoms with van der Waals surface area (Å²) in [7, 11) is 0. The fourth-order valence-electron chi connectivity index (χ4n) is 1.75. The van der Waals surface area contributed by atoms with Gasteiger partial charge in [0.15, 0.2) is 5.65 Å². The third-order valence-corrected chi connectivity index (χ3v) is 2.41. The van der Waals surface area contributed by atoms with E-state index in [0.29, 0.717) is 11.5 Å². The molecule has 2 aromatic heterocycles. The molecule has 94 valence electrons. The second-order valence-corrected chi connectivity index (χ2v) is 4.75. The molecule has 0 aromatic carbocycles. The first kappa shape index (κ1) is 12.2. The largest absolute Gasteiger partial charge is 0.370 e. The van der Waals surface area contributed by atoms with E-state index in [1.165, 1.54) is 0 Å². The normalized spacial score (nSPS) is 11.4. The Labute approximate surface area is 105 Å². The van der Waals surface area contributed by atoms with Gasteiger partial charge in [0.05, 0.1) is 0 Å². The highest BCUT2D eigenvalue weighted by Crippen LogP contribution is 2.17. The second kappa shape index (κ2) is 4.56. The molecule has 6 nitrogen and oxygen atoms in total. The number of pyridine rings is 1. The Hall–Kier alpha value is -2.24. The minimum absolute atomic E-state index is 0.229. The molecule has 0 saturated carbocycles. The standard InChI is InChI=1S/C12H15N5O/c1-12(2,7-9(13)18)17-10-4-3-8-11(16-10)15-6-5-14-8/h3-6H,7H2,1-2H3,(H2,13,18)(H,15,16,17). The predicted octanol–water partition coefficient (Wildman–Crippen LogP) is 1.09. The molecule has 0 atom stereocenters. The van der Waals surface area contributed by atoms with E-state index >= 15 is 0 Å². The first-order valence-corrected chi connectivity index (χ1v) is 5.60. The summed E-state index contributed by atoms with van der Waals surface area (Å²) in [6.45, 7) is 3.78. The maximum atomic E-state index is 11.0. The van der Waals surface area contributed by atoms with Crippen LogP contribution in [0.1, 0.15) is 20.3 Å². The van der Waals surface area contributed by atoms with Crippen LogP contribution in [-0.4, -0.2) is 26.4 Å². The number of fused-ring (bicyclic) bond motifs is 1. The number of nitrogens with zero attached hydrogens (tertiary/aromatic N) is 3. The second-order valence-electron chi connectivity index (χ2n) is 4.75. The van der Waals surface area contributed by atoms with Gasteiger partial charge in [0.25, 0.3) is 0 Å². The van der Waals surface area contributed by atoms with Crippen LogP contribution >= 0.6 is 0 Å². The van der Waals surface area contributed by atoms with Crippen LogP contribution in [0, 0.1) is 0 Å². The van der Waals surface area contributed by atoms with Crippen LogP contribution in [0.2, 0.25) is 0 Å². The van der Waals surface area contributed by atoms with Crippen molar-refractivity contribution in [3.05, 3.63) is 24.5 Å². The molecule has 0 aliphatic carbocycles. The summed E-state index contributed by atoms with van der Waals surface area (Å²) >= 11 is 0. The van der Waals surface area contributed by atoms with Gasteiger partial charge in [-0.25, -0.2) is 9.97 Å². The van der Waals surface area contributed by atoms with Gasteiger partial charge in [0.1, 0.15) is 11.3 Å². The van der Waals surface area contributed by atoms with Gasteiger partial charge in [-0.15, -0.1) is 0 Å². The Morgan fingerprint density at radius 3 is 2.78 bits per heavy atom. The molecule has 1 amide bonds. The molecule has 2 heterocycles. The number of hydrogen-bond acceptors (Lipinski definition) is 5. The molecule has 0 unspecified atom stereocenters. The van der Waals surface area contributed by atoms with Crippen molar-refractivity contribution < 1.29 is 4.79 Å². The van der Waals surface area contributed by atoms with Crippen LogP contribution in [0.3, 0.4) is 0 Å². The summed E-state index contributed by atoms with van der Waals surface area (Å²) in [6.07, 6.45) is 3.44. The van der Waals surface area contributed by atoms with E-state index in [4.69, 9.17) is 5.73 Å². The third-order valence-electron chi connectivity index (χ3n) is 2.41. The van der Waals surface area contributed by atoms with Crippen LogP contribution in [0.25, 0.3) is 11.2 Å². The molecule has 3 N–H and O–H groups in total. The molecule has 2 aromatic rings. The average molecular weight is 245 g/mol. The van der Waals surface area contributed by atoms with Crippen molar-refractivity contribution in [2.75, 3.05) is 5.32 Å². The van der Waals surface area contributed by atoms with Gasteiger partial charge in [0, 0.05) is 24.4 Å². The number of anilines is 1. The fraction of sp³-hybridized carbons (Fsp3) is 0.333. The van der Waals surface area contributed by atoms with E-state index < -0.39 is 5.54 Å². The van der Waals surface area contributed by atoms with Gasteiger partial charge in [-0.05, 0) is 26.0 Å². The molecule has 0 aliphatic heterocycles. The minimum atomic E-state index is -0.450. The maximum Gasteiger partial charge on any atom is 0.219 e. The molecule has 0 bridgehead atoms. The van der Waals surface area contributed by atoms with Gasteiger partial charge in [-0.3, -0.25) is 9.78 Å². The van der Waals surface area contributed by atoms with Crippen molar-refractivity contribution in [3.63, 3.8) is 0 Å². The third kappa shape index (κ3) is 2.91. The topological polar surface area (TPSA) is 93.8 Å². The first-order valence-electron chi connectivity index (χ1n) is 5.60. The molecule has 0 radical (unpaired) electrons. The van der Waals surface area contributed by atoms with Crippen LogP contribution in [0.4, 0.5) is 5.82 Å². The lowest BCUT2D eigenvalue weighted by Crippen LogP contribution is -2.36. The highest BCUT2D eigenvalue weighted by Gasteiger charge is 2.20. The Morgan fingerprint density at radius 1 is 1.33 bits per heavy atom. The summed E-state index contributed by atoms with van der Waals surface area (Å²) < 4.78 is 0. The molecule has 0 fully saturated rings. The quantitative estimate of drug-likeness (QED) is 0.841. The molecule has 2 rings (SSSR count). The number of aromatic nitrogens is 3. The lowest BCUT2D eigenvalue weighted by molar-refractivity contribution is -0.118. The number of amides is 1. The van der Waals surface area contributed by atoms with Gasteiger partial charge in [-0.1, -0.05) is 0 Å². The minimum Gasteiger partial charge on any atom is -0.370 e. The molecule has 0 saturated heterocycles. The van der Waals surface area contributed by atoms with E-state index in [9.17, 15) is 4.79 Å². The number of hydrogen-bond donors (Lipinski definition) is 2. The first-order chi connectivity index (χ1) is 8.46. The van der Waals surface area contributed by atoms with Crippen molar-refractivity contribution in [1.29, 1.82) is 0 Å². The average Bonchev–Trinajstić information content (AvgIpc) is 2.26. The molecule has 0 spiro atoms. The Bertz CT molecular complexity index is 581. The summed E-state index contributed by atoms with van der Waals surface area (Å²) in [6, 6.07) is 3.64. The van der Waals surface area contributed by atoms with Crippen LogP contribution in [0.5, 0.6) is 0 Å². The monoisotopic (exact) mass is 245 g/mol. The number of nitrogens with one attached hydrogen (secondary N) is 1. The van der Waals surface area contributed by atoms with E-state index in [0.717, 1.165) is 5.52 Å². The van der Waals surface area contributed by atoms with Gasteiger partial charge in [-0.2, -0.15) is 0 Å². The van der Waals surface area contributed by atoms with Crippen LogP contribution in [-0.2, 0) is 4.79 Å². The zero-order valence-corrected chi connectivity index (χ0v) is 10.3. The van der Waals surface area contributed by atoms with E-state index in [1.807, 2.05) is 19.9 Å². The fourth-order valence-corrected chi connectivity index (χ4v) is 1.75. The lowest BCUT2D eigenvalue weighted by Gasteiger charge is -2.25. The van der Waals surface area contributed by atoms with Crippen LogP contribution < -0.4 is 11.1 Å². The van der Waals surface area contributed by atoms with Gasteiger partial charge >= 0.3 is 0 Å². The SMILES string of the molecule is CC(C)(CC(N)=O)Nc1ccc2nccnc2n1. The molecular formula is C12H15N5O. The van der Waals surface area contributed by atoms with Crippen molar-refractivity contribution >= 4 is 22.9 Å². The highest BCUT2D eigenvalue weighted by atomic mass is 16.1. The number of primary amides is 1. The van der Waals surface area contributed by atoms with Crippen molar-refractivity contribution in [3.8, 4) is 0 Å². The molecule has 0 aliphatic rings. The number of carbonyl (C=O) groups is 1. The van der Waals surface area contributed by atoms with Gasteiger partial charge < -0.3 is 11.1 Å².